The summed E-state index contributed by atoms with van der Waals surface area (Å²) in [6.45, 7) is 3.61. The molecule has 0 fully saturated rings. The fraction of sp³-hybridized carbons (Fsp3) is 0.389. The molecule has 6 heteroatoms. The quantitative estimate of drug-likeness (QED) is 0.844. The third-order valence-corrected chi connectivity index (χ3v) is 3.90. The minimum absolute atomic E-state index is 0.0856. The molecule has 0 spiro atoms. The Morgan fingerprint density at radius 3 is 2.88 bits per heavy atom. The maximum absolute atomic E-state index is 12.2. The van der Waals surface area contributed by atoms with E-state index in [1.165, 1.54) is 0 Å². The largest absolute Gasteiger partial charge is 0.459 e. The molecule has 0 unspecified atom stereocenters. The number of rotatable bonds is 4. The number of anilines is 2. The summed E-state index contributed by atoms with van der Waals surface area (Å²) >= 11 is 0. The van der Waals surface area contributed by atoms with Crippen LogP contribution in [-0.2, 0) is 17.6 Å². The monoisotopic (exact) mass is 327 g/mol. The first-order chi connectivity index (χ1) is 11.5. The number of fused-ring (bicyclic) bond motifs is 1. The van der Waals surface area contributed by atoms with Crippen molar-refractivity contribution in [2.24, 2.45) is 0 Å². The highest BCUT2D eigenvalue weighted by molar-refractivity contribution is 5.90. The smallest absolute Gasteiger partial charge is 0.338 e. The van der Waals surface area contributed by atoms with E-state index in [-0.39, 0.29) is 17.6 Å². The molecule has 1 aromatic heterocycles. The van der Waals surface area contributed by atoms with Gasteiger partial charge in [-0.1, -0.05) is 6.07 Å². The van der Waals surface area contributed by atoms with Gasteiger partial charge in [-0.25, -0.2) is 9.78 Å². The van der Waals surface area contributed by atoms with E-state index in [1.807, 2.05) is 19.9 Å². The van der Waals surface area contributed by atoms with Gasteiger partial charge in [-0.3, -0.25) is 9.78 Å². The molecule has 0 saturated carbocycles. The van der Waals surface area contributed by atoms with Crippen molar-refractivity contribution in [3.8, 4) is 0 Å². The van der Waals surface area contributed by atoms with Gasteiger partial charge < -0.3 is 10.1 Å². The molecule has 0 amide bonds. The van der Waals surface area contributed by atoms with E-state index in [0.717, 1.165) is 36.9 Å². The van der Waals surface area contributed by atoms with Crippen LogP contribution in [0.4, 0.5) is 11.6 Å². The van der Waals surface area contributed by atoms with Crippen LogP contribution in [-0.4, -0.2) is 22.0 Å². The van der Waals surface area contributed by atoms with Crippen LogP contribution >= 0.6 is 0 Å². The molecule has 6 nitrogen and oxygen atoms in total. The maximum atomic E-state index is 12.2. The number of hydrogen-bond acceptors (Lipinski definition) is 5. The van der Waals surface area contributed by atoms with Crippen molar-refractivity contribution in [2.75, 3.05) is 5.32 Å². The number of ether oxygens (including phenoxy) is 1. The topological polar surface area (TPSA) is 84.1 Å². The number of benzene rings is 1. The summed E-state index contributed by atoms with van der Waals surface area (Å²) in [7, 11) is 0. The molecular formula is C18H21N3O3. The summed E-state index contributed by atoms with van der Waals surface area (Å²) < 4.78 is 5.19. The lowest BCUT2D eigenvalue weighted by Gasteiger charge is -2.15. The minimum atomic E-state index is -0.374. The highest BCUT2D eigenvalue weighted by Crippen LogP contribution is 2.19. The van der Waals surface area contributed by atoms with Gasteiger partial charge in [0.1, 0.15) is 0 Å². The molecule has 0 bridgehead atoms. The minimum Gasteiger partial charge on any atom is -0.459 e. The second kappa shape index (κ2) is 6.86. The first-order valence-corrected chi connectivity index (χ1v) is 8.23. The molecule has 0 atom stereocenters. The van der Waals surface area contributed by atoms with Crippen LogP contribution in [0, 0.1) is 0 Å². The predicted molar refractivity (Wildman–Crippen MR) is 91.8 cm³/mol. The number of aromatic nitrogens is 2. The Morgan fingerprint density at radius 1 is 1.29 bits per heavy atom. The van der Waals surface area contributed by atoms with Crippen LogP contribution in [0.3, 0.4) is 0 Å². The maximum Gasteiger partial charge on any atom is 0.338 e. The van der Waals surface area contributed by atoms with E-state index in [2.05, 4.69) is 15.3 Å². The van der Waals surface area contributed by atoms with Gasteiger partial charge in [0.25, 0.3) is 5.56 Å². The Labute approximate surface area is 140 Å². The SMILES string of the molecule is CC(C)OC(=O)c1cccc(Nc2nc3c(c(=O)[nH]2)CCCC3)c1. The molecule has 126 valence electrons. The molecule has 0 saturated heterocycles. The Hall–Kier alpha value is -2.63. The summed E-state index contributed by atoms with van der Waals surface area (Å²) in [5.74, 6) is 0.0237. The van der Waals surface area contributed by atoms with Gasteiger partial charge in [-0.05, 0) is 57.7 Å². The standard InChI is InChI=1S/C18H21N3O3/c1-11(2)24-17(23)12-6-5-7-13(10-12)19-18-20-15-9-4-3-8-14(15)16(22)21-18/h5-7,10-11H,3-4,8-9H2,1-2H3,(H2,19,20,21,22). The van der Waals surface area contributed by atoms with Crippen LogP contribution in [0.2, 0.25) is 0 Å². The van der Waals surface area contributed by atoms with Crippen LogP contribution in [0.25, 0.3) is 0 Å². The van der Waals surface area contributed by atoms with Gasteiger partial charge in [0.15, 0.2) is 0 Å². The zero-order valence-corrected chi connectivity index (χ0v) is 13.9. The third-order valence-electron chi connectivity index (χ3n) is 3.90. The Kier molecular flexibility index (Phi) is 4.64. The van der Waals surface area contributed by atoms with Crippen molar-refractivity contribution in [3.63, 3.8) is 0 Å². The van der Waals surface area contributed by atoms with E-state index in [9.17, 15) is 9.59 Å². The highest BCUT2D eigenvalue weighted by Gasteiger charge is 2.16. The average molecular weight is 327 g/mol. The normalized spacial score (nSPS) is 13.5. The van der Waals surface area contributed by atoms with Crippen LogP contribution in [0.15, 0.2) is 29.1 Å². The first kappa shape index (κ1) is 16.2. The summed E-state index contributed by atoms with van der Waals surface area (Å²) in [5.41, 5.74) is 2.70. The van der Waals surface area contributed by atoms with Crippen LogP contribution in [0.1, 0.15) is 48.3 Å². The molecule has 24 heavy (non-hydrogen) atoms. The highest BCUT2D eigenvalue weighted by atomic mass is 16.5. The lowest BCUT2D eigenvalue weighted by atomic mass is 9.97. The summed E-state index contributed by atoms with van der Waals surface area (Å²) in [5, 5.41) is 3.07. The van der Waals surface area contributed by atoms with Gasteiger partial charge in [-0.15, -0.1) is 0 Å². The molecule has 3 rings (SSSR count). The number of H-pyrrole nitrogens is 1. The van der Waals surface area contributed by atoms with Crippen LogP contribution in [0.5, 0.6) is 0 Å². The zero-order chi connectivity index (χ0) is 17.1. The zero-order valence-electron chi connectivity index (χ0n) is 13.9. The molecule has 1 aliphatic carbocycles. The lowest BCUT2D eigenvalue weighted by Crippen LogP contribution is -2.22. The number of nitrogens with one attached hydrogen (secondary N) is 2. The van der Waals surface area contributed by atoms with Crippen molar-refractivity contribution in [2.45, 2.75) is 45.6 Å². The third kappa shape index (κ3) is 3.64. The molecular weight excluding hydrogens is 306 g/mol. The van der Waals surface area contributed by atoms with Crippen molar-refractivity contribution < 1.29 is 9.53 Å². The molecule has 2 aromatic rings. The van der Waals surface area contributed by atoms with E-state index in [4.69, 9.17) is 4.74 Å². The summed E-state index contributed by atoms with van der Waals surface area (Å²) in [4.78, 5) is 31.4. The van der Waals surface area contributed by atoms with Gasteiger partial charge >= 0.3 is 5.97 Å². The second-order valence-corrected chi connectivity index (χ2v) is 6.21. The van der Waals surface area contributed by atoms with Crippen molar-refractivity contribution >= 4 is 17.6 Å². The van der Waals surface area contributed by atoms with E-state index in [0.29, 0.717) is 17.2 Å². The fourth-order valence-electron chi connectivity index (χ4n) is 2.81. The summed E-state index contributed by atoms with van der Waals surface area (Å²) in [6, 6.07) is 6.95. The van der Waals surface area contributed by atoms with Crippen molar-refractivity contribution in [1.29, 1.82) is 0 Å². The number of aryl methyl sites for hydroxylation is 1. The average Bonchev–Trinajstić information content (AvgIpc) is 2.54. The Balaban J connectivity index is 1.83. The molecule has 1 heterocycles. The number of nitrogens with zero attached hydrogens (tertiary/aromatic N) is 1. The number of hydrogen-bond donors (Lipinski definition) is 2. The first-order valence-electron chi connectivity index (χ1n) is 8.23. The fourth-order valence-corrected chi connectivity index (χ4v) is 2.81. The second-order valence-electron chi connectivity index (χ2n) is 6.21. The number of aromatic amines is 1. The van der Waals surface area contributed by atoms with Gasteiger partial charge in [0.05, 0.1) is 17.4 Å². The lowest BCUT2D eigenvalue weighted by molar-refractivity contribution is 0.0378. The summed E-state index contributed by atoms with van der Waals surface area (Å²) in [6.07, 6.45) is 3.53. The number of esters is 1. The molecule has 0 aliphatic heterocycles. The van der Waals surface area contributed by atoms with E-state index >= 15 is 0 Å². The van der Waals surface area contributed by atoms with E-state index < -0.39 is 0 Å². The van der Waals surface area contributed by atoms with Crippen molar-refractivity contribution in [3.05, 3.63) is 51.4 Å². The molecule has 2 N–H and O–H groups in total. The molecule has 0 radical (unpaired) electrons. The predicted octanol–water partition coefficient (Wildman–Crippen LogP) is 2.96. The van der Waals surface area contributed by atoms with Crippen LogP contribution < -0.4 is 10.9 Å². The Morgan fingerprint density at radius 2 is 2.08 bits per heavy atom. The Bertz CT molecular complexity index is 811. The van der Waals surface area contributed by atoms with Gasteiger partial charge in [0, 0.05) is 11.3 Å². The van der Waals surface area contributed by atoms with Gasteiger partial charge in [-0.2, -0.15) is 0 Å². The number of carbonyl (C=O) groups excluding carboxylic acids is 1. The molecule has 1 aromatic carbocycles. The number of carbonyl (C=O) groups is 1. The van der Waals surface area contributed by atoms with E-state index in [1.54, 1.807) is 18.2 Å². The molecule has 1 aliphatic rings. The van der Waals surface area contributed by atoms with Crippen molar-refractivity contribution in [1.82, 2.24) is 9.97 Å². The van der Waals surface area contributed by atoms with Gasteiger partial charge in [0.2, 0.25) is 5.95 Å².